The predicted molar refractivity (Wildman–Crippen MR) is 56.8 cm³/mol. The number of aryl methyl sites for hydroxylation is 1. The van der Waals surface area contributed by atoms with Gasteiger partial charge in [-0.25, -0.2) is 0 Å². The highest BCUT2D eigenvalue weighted by Gasteiger charge is 2.24. The average molecular weight is 210 g/mol. The number of hydrogen-bond donors (Lipinski definition) is 1. The Morgan fingerprint density at radius 1 is 1.53 bits per heavy atom. The van der Waals surface area contributed by atoms with Crippen molar-refractivity contribution in [3.05, 3.63) is 12.4 Å². The summed E-state index contributed by atoms with van der Waals surface area (Å²) in [6.07, 6.45) is 7.27. The molecule has 2 rings (SSSR count). The van der Waals surface area contributed by atoms with Gasteiger partial charge < -0.3 is 9.84 Å². The molecule has 84 valence electrons. The largest absolute Gasteiger partial charge is 0.484 e. The molecule has 1 aromatic rings. The molecule has 1 aliphatic carbocycles. The number of aliphatic hydroxyl groups excluding tert-OH is 1. The Kier molecular flexibility index (Phi) is 3.26. The predicted octanol–water partition coefficient (Wildman–Crippen LogP) is 1.59. The second-order valence-corrected chi connectivity index (χ2v) is 4.04. The Hall–Kier alpha value is -1.03. The molecule has 0 bridgehead atoms. The molecule has 4 nitrogen and oxygen atoms in total. The minimum Gasteiger partial charge on any atom is -0.484 e. The van der Waals surface area contributed by atoms with E-state index in [0.717, 1.165) is 38.0 Å². The zero-order valence-electron chi connectivity index (χ0n) is 9.09. The van der Waals surface area contributed by atoms with Gasteiger partial charge in [0.1, 0.15) is 6.10 Å². The van der Waals surface area contributed by atoms with E-state index in [4.69, 9.17) is 4.74 Å². The van der Waals surface area contributed by atoms with Crippen molar-refractivity contribution >= 4 is 0 Å². The fourth-order valence-electron chi connectivity index (χ4n) is 1.97. The third kappa shape index (κ3) is 2.50. The molecule has 1 heterocycles. The summed E-state index contributed by atoms with van der Waals surface area (Å²) < 4.78 is 7.54. The molecule has 1 aliphatic rings. The summed E-state index contributed by atoms with van der Waals surface area (Å²) in [4.78, 5) is 0. The molecule has 1 aromatic heterocycles. The Bertz CT molecular complexity index is 311. The average Bonchev–Trinajstić information content (AvgIpc) is 2.69. The number of hydrogen-bond acceptors (Lipinski definition) is 3. The molecule has 0 unspecified atom stereocenters. The molecule has 0 aromatic carbocycles. The Balaban J connectivity index is 1.95. The van der Waals surface area contributed by atoms with Gasteiger partial charge in [0.25, 0.3) is 0 Å². The Morgan fingerprint density at radius 2 is 2.33 bits per heavy atom. The minimum absolute atomic E-state index is 0.0479. The molecule has 0 spiro atoms. The maximum absolute atomic E-state index is 9.74. The van der Waals surface area contributed by atoms with Gasteiger partial charge >= 0.3 is 0 Å². The number of nitrogens with zero attached hydrogens (tertiary/aromatic N) is 2. The third-order valence-corrected chi connectivity index (χ3v) is 2.89. The quantitative estimate of drug-likeness (QED) is 0.824. The molecular weight excluding hydrogens is 192 g/mol. The van der Waals surface area contributed by atoms with Gasteiger partial charge in [-0.15, -0.1) is 0 Å². The van der Waals surface area contributed by atoms with Gasteiger partial charge in [-0.3, -0.25) is 4.68 Å². The molecule has 4 heteroatoms. The van der Waals surface area contributed by atoms with Crippen LogP contribution in [-0.4, -0.2) is 27.1 Å². The molecule has 0 radical (unpaired) electrons. The summed E-state index contributed by atoms with van der Waals surface area (Å²) in [5.41, 5.74) is 0. The van der Waals surface area contributed by atoms with Crippen LogP contribution in [0.5, 0.6) is 5.75 Å². The van der Waals surface area contributed by atoms with Gasteiger partial charge in [0, 0.05) is 6.54 Å². The number of aromatic nitrogens is 2. The topological polar surface area (TPSA) is 47.3 Å². The molecular formula is C11H18N2O2. The van der Waals surface area contributed by atoms with E-state index in [1.165, 1.54) is 0 Å². The minimum atomic E-state index is -0.316. The highest BCUT2D eigenvalue weighted by atomic mass is 16.5. The molecule has 0 amide bonds. The number of ether oxygens (including phenoxy) is 1. The standard InChI is InChI=1S/C11H18N2O2/c1-2-13-8-9(7-12-13)15-11-6-4-3-5-10(11)14/h7-8,10-11,14H,2-6H2,1H3/t10-,11-/m0/s1. The van der Waals surface area contributed by atoms with Crippen molar-refractivity contribution in [2.75, 3.05) is 0 Å². The van der Waals surface area contributed by atoms with Crippen LogP contribution >= 0.6 is 0 Å². The Labute approximate surface area is 89.9 Å². The summed E-state index contributed by atoms with van der Waals surface area (Å²) in [5.74, 6) is 0.766. The smallest absolute Gasteiger partial charge is 0.157 e. The van der Waals surface area contributed by atoms with Crippen LogP contribution in [0.1, 0.15) is 32.6 Å². The summed E-state index contributed by atoms with van der Waals surface area (Å²) in [7, 11) is 0. The van der Waals surface area contributed by atoms with Crippen molar-refractivity contribution < 1.29 is 9.84 Å². The van der Waals surface area contributed by atoms with Gasteiger partial charge in [0.05, 0.1) is 18.5 Å². The van der Waals surface area contributed by atoms with Crippen molar-refractivity contribution in [2.24, 2.45) is 0 Å². The molecule has 2 atom stereocenters. The molecule has 1 N–H and O–H groups in total. The molecule has 1 fully saturated rings. The zero-order chi connectivity index (χ0) is 10.7. The van der Waals surface area contributed by atoms with Gasteiger partial charge in [-0.2, -0.15) is 5.10 Å². The van der Waals surface area contributed by atoms with E-state index < -0.39 is 0 Å². The van der Waals surface area contributed by atoms with E-state index in [1.807, 2.05) is 17.8 Å². The van der Waals surface area contributed by atoms with Crippen molar-refractivity contribution in [1.82, 2.24) is 9.78 Å². The lowest BCUT2D eigenvalue weighted by Crippen LogP contribution is -2.34. The number of aliphatic hydroxyl groups is 1. The third-order valence-electron chi connectivity index (χ3n) is 2.89. The van der Waals surface area contributed by atoms with Gasteiger partial charge in [-0.05, 0) is 26.2 Å². The van der Waals surface area contributed by atoms with Crippen LogP contribution in [0.15, 0.2) is 12.4 Å². The molecule has 0 saturated heterocycles. The van der Waals surface area contributed by atoms with E-state index in [2.05, 4.69) is 5.10 Å². The van der Waals surface area contributed by atoms with Crippen LogP contribution in [0.25, 0.3) is 0 Å². The number of rotatable bonds is 3. The van der Waals surface area contributed by atoms with E-state index in [1.54, 1.807) is 6.20 Å². The zero-order valence-corrected chi connectivity index (χ0v) is 9.09. The van der Waals surface area contributed by atoms with E-state index >= 15 is 0 Å². The summed E-state index contributed by atoms with van der Waals surface area (Å²) in [5, 5.41) is 13.9. The summed E-state index contributed by atoms with van der Waals surface area (Å²) in [6.45, 7) is 2.88. The Morgan fingerprint density at radius 3 is 3.00 bits per heavy atom. The highest BCUT2D eigenvalue weighted by Crippen LogP contribution is 2.23. The van der Waals surface area contributed by atoms with Crippen molar-refractivity contribution in [2.45, 2.75) is 51.4 Å². The van der Waals surface area contributed by atoms with E-state index in [-0.39, 0.29) is 12.2 Å². The normalized spacial score (nSPS) is 26.5. The first-order valence-corrected chi connectivity index (χ1v) is 5.66. The molecule has 1 saturated carbocycles. The lowest BCUT2D eigenvalue weighted by molar-refractivity contribution is 0.00683. The second kappa shape index (κ2) is 4.66. The maximum atomic E-state index is 9.74. The first-order valence-electron chi connectivity index (χ1n) is 5.66. The van der Waals surface area contributed by atoms with Crippen LogP contribution in [0.3, 0.4) is 0 Å². The van der Waals surface area contributed by atoms with Gasteiger partial charge in [0.2, 0.25) is 0 Å². The fourth-order valence-corrected chi connectivity index (χ4v) is 1.97. The van der Waals surface area contributed by atoms with E-state index in [9.17, 15) is 5.11 Å². The highest BCUT2D eigenvalue weighted by molar-refractivity contribution is 5.12. The first kappa shape index (κ1) is 10.5. The van der Waals surface area contributed by atoms with Gasteiger partial charge in [0.15, 0.2) is 5.75 Å². The van der Waals surface area contributed by atoms with Crippen molar-refractivity contribution in [3.63, 3.8) is 0 Å². The first-order chi connectivity index (χ1) is 7.29. The van der Waals surface area contributed by atoms with E-state index in [0.29, 0.717) is 0 Å². The second-order valence-electron chi connectivity index (χ2n) is 4.04. The lowest BCUT2D eigenvalue weighted by Gasteiger charge is -2.27. The molecule has 0 aliphatic heterocycles. The molecule has 15 heavy (non-hydrogen) atoms. The summed E-state index contributed by atoms with van der Waals surface area (Å²) in [6, 6.07) is 0. The van der Waals surface area contributed by atoms with Crippen molar-refractivity contribution in [3.8, 4) is 5.75 Å². The fraction of sp³-hybridized carbons (Fsp3) is 0.727. The van der Waals surface area contributed by atoms with Gasteiger partial charge in [-0.1, -0.05) is 6.42 Å². The van der Waals surface area contributed by atoms with Crippen LogP contribution in [0.2, 0.25) is 0 Å². The maximum Gasteiger partial charge on any atom is 0.157 e. The van der Waals surface area contributed by atoms with Crippen molar-refractivity contribution in [1.29, 1.82) is 0 Å². The van der Waals surface area contributed by atoms with Crippen LogP contribution in [-0.2, 0) is 6.54 Å². The van der Waals surface area contributed by atoms with Crippen LogP contribution < -0.4 is 4.74 Å². The van der Waals surface area contributed by atoms with Crippen LogP contribution in [0, 0.1) is 0 Å². The monoisotopic (exact) mass is 210 g/mol. The lowest BCUT2D eigenvalue weighted by atomic mass is 9.95. The SMILES string of the molecule is CCn1cc(O[C@H]2CCCC[C@@H]2O)cn1. The van der Waals surface area contributed by atoms with Crippen LogP contribution in [0.4, 0.5) is 0 Å². The summed E-state index contributed by atoms with van der Waals surface area (Å²) >= 11 is 0.